The number of carboxylic acid groups (broad SMARTS) is 1. The van der Waals surface area contributed by atoms with Crippen molar-refractivity contribution in [2.45, 2.75) is 0 Å². The molecule has 0 aliphatic rings. The minimum Gasteiger partial charge on any atom is -0.476 e. The number of carbonyl (C=O) groups excluding carboxylic acids is 1. The summed E-state index contributed by atoms with van der Waals surface area (Å²) in [5, 5.41) is 9.41. The van der Waals surface area contributed by atoms with Crippen molar-refractivity contribution in [2.75, 3.05) is 12.8 Å². The van der Waals surface area contributed by atoms with Gasteiger partial charge in [-0.3, -0.25) is 0 Å². The van der Waals surface area contributed by atoms with Crippen LogP contribution in [0.4, 0.5) is 5.82 Å². The zero-order valence-electron chi connectivity index (χ0n) is 11.0. The van der Waals surface area contributed by atoms with Gasteiger partial charge in [-0.05, 0) is 29.8 Å². The van der Waals surface area contributed by atoms with E-state index in [9.17, 15) is 14.7 Å². The van der Waals surface area contributed by atoms with Gasteiger partial charge in [-0.25, -0.2) is 14.6 Å². The Morgan fingerprint density at radius 3 is 2.62 bits per heavy atom. The number of nitrogens with two attached hydrogens (primary N) is 1. The summed E-state index contributed by atoms with van der Waals surface area (Å²) in [5.74, 6) is -1.73. The van der Waals surface area contributed by atoms with E-state index in [1.165, 1.54) is 31.4 Å². The van der Waals surface area contributed by atoms with E-state index in [0.29, 0.717) is 11.1 Å². The van der Waals surface area contributed by atoms with Crippen LogP contribution in [0.3, 0.4) is 0 Å². The second-order valence-electron chi connectivity index (χ2n) is 4.12. The van der Waals surface area contributed by atoms with Gasteiger partial charge >= 0.3 is 11.9 Å². The standard InChI is InChI=1S/C14H11ClN2O4/c1-21-14(20)9-6-7(2-4-10(9)15)8-3-5-11(16)17-12(8)13(18)19/h2-6H,1H3,(H2,16,17)(H,18,19). The number of nitrogen functional groups attached to an aromatic ring is 1. The number of hydrogen-bond donors (Lipinski definition) is 2. The maximum absolute atomic E-state index is 11.6. The van der Waals surface area contributed by atoms with Crippen LogP contribution in [-0.2, 0) is 4.74 Å². The van der Waals surface area contributed by atoms with Crippen molar-refractivity contribution in [3.05, 3.63) is 46.6 Å². The molecule has 0 atom stereocenters. The number of halogens is 1. The smallest absolute Gasteiger partial charge is 0.355 e. The number of methoxy groups -OCH3 is 1. The molecule has 1 aromatic heterocycles. The number of benzene rings is 1. The lowest BCUT2D eigenvalue weighted by atomic mass is 10.0. The Morgan fingerprint density at radius 1 is 1.29 bits per heavy atom. The van der Waals surface area contributed by atoms with Crippen LogP contribution in [0.25, 0.3) is 11.1 Å². The quantitative estimate of drug-likeness (QED) is 0.844. The molecule has 0 amide bonds. The molecule has 108 valence electrons. The summed E-state index contributed by atoms with van der Waals surface area (Å²) >= 11 is 5.93. The Morgan fingerprint density at radius 2 is 2.00 bits per heavy atom. The molecule has 1 heterocycles. The van der Waals surface area contributed by atoms with E-state index in [-0.39, 0.29) is 22.1 Å². The number of anilines is 1. The van der Waals surface area contributed by atoms with E-state index in [2.05, 4.69) is 9.72 Å². The van der Waals surface area contributed by atoms with Crippen LogP contribution in [0, 0.1) is 0 Å². The summed E-state index contributed by atoms with van der Waals surface area (Å²) in [5.41, 5.74) is 6.25. The van der Waals surface area contributed by atoms with Gasteiger partial charge in [0.15, 0.2) is 5.69 Å². The van der Waals surface area contributed by atoms with Gasteiger partial charge in [0, 0.05) is 5.56 Å². The maximum Gasteiger partial charge on any atom is 0.355 e. The summed E-state index contributed by atoms with van der Waals surface area (Å²) in [6.45, 7) is 0. The first-order valence-corrected chi connectivity index (χ1v) is 6.20. The van der Waals surface area contributed by atoms with Gasteiger partial charge in [0.2, 0.25) is 0 Å². The number of esters is 1. The predicted octanol–water partition coefficient (Wildman–Crippen LogP) is 2.47. The van der Waals surface area contributed by atoms with Gasteiger partial charge in [0.05, 0.1) is 17.7 Å². The van der Waals surface area contributed by atoms with Gasteiger partial charge < -0.3 is 15.6 Å². The molecular weight excluding hydrogens is 296 g/mol. The molecule has 3 N–H and O–H groups in total. The number of aromatic nitrogens is 1. The Balaban J connectivity index is 2.63. The number of aromatic carboxylic acids is 1. The number of hydrogen-bond acceptors (Lipinski definition) is 5. The molecule has 0 fully saturated rings. The highest BCUT2D eigenvalue weighted by Crippen LogP contribution is 2.28. The minimum absolute atomic E-state index is 0.0957. The zero-order valence-corrected chi connectivity index (χ0v) is 11.7. The SMILES string of the molecule is COC(=O)c1cc(-c2ccc(N)nc2C(=O)O)ccc1Cl. The maximum atomic E-state index is 11.6. The van der Waals surface area contributed by atoms with Crippen molar-refractivity contribution in [2.24, 2.45) is 0 Å². The molecule has 0 bridgehead atoms. The average Bonchev–Trinajstić information content (AvgIpc) is 2.47. The highest BCUT2D eigenvalue weighted by atomic mass is 35.5. The Hall–Kier alpha value is -2.60. The number of rotatable bonds is 3. The fourth-order valence-corrected chi connectivity index (χ4v) is 2.02. The van der Waals surface area contributed by atoms with Crippen molar-refractivity contribution in [3.8, 4) is 11.1 Å². The Labute approximate surface area is 125 Å². The topological polar surface area (TPSA) is 103 Å². The second-order valence-corrected chi connectivity index (χ2v) is 4.53. The summed E-state index contributed by atoms with van der Waals surface area (Å²) in [4.78, 5) is 26.7. The molecule has 2 aromatic rings. The van der Waals surface area contributed by atoms with Crippen LogP contribution < -0.4 is 5.73 Å². The van der Waals surface area contributed by atoms with Crippen LogP contribution in [0.1, 0.15) is 20.8 Å². The fourth-order valence-electron chi connectivity index (χ4n) is 1.83. The Bertz CT molecular complexity index is 731. The first-order valence-electron chi connectivity index (χ1n) is 5.82. The molecule has 1 aromatic carbocycles. The lowest BCUT2D eigenvalue weighted by Gasteiger charge is -2.09. The third-order valence-corrected chi connectivity index (χ3v) is 3.13. The first kappa shape index (κ1) is 14.8. The monoisotopic (exact) mass is 306 g/mol. The number of carbonyl (C=O) groups is 2. The molecule has 0 saturated heterocycles. The van der Waals surface area contributed by atoms with Gasteiger partial charge in [0.25, 0.3) is 0 Å². The van der Waals surface area contributed by atoms with Gasteiger partial charge in [0.1, 0.15) is 5.82 Å². The lowest BCUT2D eigenvalue weighted by molar-refractivity contribution is 0.0600. The number of carboxylic acids is 1. The normalized spacial score (nSPS) is 10.2. The lowest BCUT2D eigenvalue weighted by Crippen LogP contribution is -2.06. The van der Waals surface area contributed by atoms with E-state index in [1.807, 2.05) is 0 Å². The van der Waals surface area contributed by atoms with Gasteiger partial charge in [-0.15, -0.1) is 0 Å². The average molecular weight is 307 g/mol. The highest BCUT2D eigenvalue weighted by molar-refractivity contribution is 6.33. The molecule has 0 saturated carbocycles. The van der Waals surface area contributed by atoms with Crippen LogP contribution in [0.15, 0.2) is 30.3 Å². The third kappa shape index (κ3) is 2.95. The number of pyridine rings is 1. The third-order valence-electron chi connectivity index (χ3n) is 2.80. The molecule has 0 spiro atoms. The van der Waals surface area contributed by atoms with Crippen LogP contribution >= 0.6 is 11.6 Å². The number of nitrogens with zero attached hydrogens (tertiary/aromatic N) is 1. The minimum atomic E-state index is -1.22. The van der Waals surface area contributed by atoms with Gasteiger partial charge in [-0.1, -0.05) is 17.7 Å². The molecular formula is C14H11ClN2O4. The molecule has 6 nitrogen and oxygen atoms in total. The summed E-state index contributed by atoms with van der Waals surface area (Å²) in [6, 6.07) is 7.54. The molecule has 2 rings (SSSR count). The second kappa shape index (κ2) is 5.80. The molecule has 7 heteroatoms. The van der Waals surface area contributed by atoms with Crippen molar-refractivity contribution >= 4 is 29.4 Å². The summed E-state index contributed by atoms with van der Waals surface area (Å²) in [7, 11) is 1.23. The Kier molecular flexibility index (Phi) is 4.09. The summed E-state index contributed by atoms with van der Waals surface area (Å²) in [6.07, 6.45) is 0. The molecule has 0 unspecified atom stereocenters. The van der Waals surface area contributed by atoms with Gasteiger partial charge in [-0.2, -0.15) is 0 Å². The van der Waals surface area contributed by atoms with E-state index in [4.69, 9.17) is 17.3 Å². The highest BCUT2D eigenvalue weighted by Gasteiger charge is 2.17. The largest absolute Gasteiger partial charge is 0.476 e. The van der Waals surface area contributed by atoms with Crippen molar-refractivity contribution in [1.82, 2.24) is 4.98 Å². The van der Waals surface area contributed by atoms with Crippen molar-refractivity contribution in [1.29, 1.82) is 0 Å². The molecule has 0 radical (unpaired) electrons. The van der Waals surface area contributed by atoms with Crippen LogP contribution in [0.2, 0.25) is 5.02 Å². The molecule has 0 aliphatic heterocycles. The van der Waals surface area contributed by atoms with E-state index in [1.54, 1.807) is 6.07 Å². The van der Waals surface area contributed by atoms with E-state index >= 15 is 0 Å². The number of ether oxygens (including phenoxy) is 1. The summed E-state index contributed by atoms with van der Waals surface area (Å²) < 4.78 is 4.63. The zero-order chi connectivity index (χ0) is 15.6. The molecule has 21 heavy (non-hydrogen) atoms. The molecule has 0 aliphatic carbocycles. The van der Waals surface area contributed by atoms with E-state index < -0.39 is 11.9 Å². The fraction of sp³-hybridized carbons (Fsp3) is 0.0714. The van der Waals surface area contributed by atoms with Crippen molar-refractivity contribution in [3.63, 3.8) is 0 Å². The van der Waals surface area contributed by atoms with Crippen molar-refractivity contribution < 1.29 is 19.4 Å². The van der Waals surface area contributed by atoms with Crippen LogP contribution in [0.5, 0.6) is 0 Å². The predicted molar refractivity (Wildman–Crippen MR) is 77.4 cm³/mol. The van der Waals surface area contributed by atoms with Crippen LogP contribution in [-0.4, -0.2) is 29.1 Å². The first-order chi connectivity index (χ1) is 9.93. The van der Waals surface area contributed by atoms with E-state index in [0.717, 1.165) is 0 Å².